The fourth-order valence-electron chi connectivity index (χ4n) is 2.38. The van der Waals surface area contributed by atoms with Crippen molar-refractivity contribution in [3.63, 3.8) is 0 Å². The predicted octanol–water partition coefficient (Wildman–Crippen LogP) is 3.10. The minimum atomic E-state index is -4.90. The van der Waals surface area contributed by atoms with Crippen molar-refractivity contribution in [3.05, 3.63) is 59.5 Å². The minimum Gasteiger partial charge on any atom is -0.406 e. The molecule has 3 rings (SSSR count). The molecule has 0 bridgehead atoms. The van der Waals surface area contributed by atoms with Gasteiger partial charge >= 0.3 is 6.36 Å². The van der Waals surface area contributed by atoms with Crippen LogP contribution in [0.1, 0.15) is 29.0 Å². The van der Waals surface area contributed by atoms with Crippen molar-refractivity contribution in [1.82, 2.24) is 30.0 Å². The molecule has 2 heterocycles. The molecule has 0 aliphatic carbocycles. The Hall–Kier alpha value is -3.21. The van der Waals surface area contributed by atoms with Crippen LogP contribution >= 0.6 is 11.6 Å². The Morgan fingerprint density at radius 2 is 2.00 bits per heavy atom. The van der Waals surface area contributed by atoms with Crippen LogP contribution in [0.15, 0.2) is 43.2 Å². The summed E-state index contributed by atoms with van der Waals surface area (Å²) in [6, 6.07) is 2.48. The predicted molar refractivity (Wildman–Crippen MR) is 91.0 cm³/mol. The van der Waals surface area contributed by atoms with Crippen molar-refractivity contribution >= 4 is 17.5 Å². The first-order valence-corrected chi connectivity index (χ1v) is 8.14. The standard InChI is InChI=1S/C16H12ClF3N6O2/c1-9(13-14(23-3-2-22-13)26-8-21-7-24-26)25-15(27)10-4-11(17)6-12(5-10)28-16(18,19)20/h2-9H,1H3,(H,25,27). The van der Waals surface area contributed by atoms with Gasteiger partial charge in [0.15, 0.2) is 5.82 Å². The highest BCUT2D eigenvalue weighted by Gasteiger charge is 2.31. The Labute approximate surface area is 161 Å². The average molecular weight is 413 g/mol. The van der Waals surface area contributed by atoms with Gasteiger partial charge in [-0.2, -0.15) is 5.10 Å². The lowest BCUT2D eigenvalue weighted by molar-refractivity contribution is -0.274. The SMILES string of the molecule is CC(NC(=O)c1cc(Cl)cc(OC(F)(F)F)c1)c1nccnc1-n1cncn1. The average Bonchev–Trinajstić information content (AvgIpc) is 3.14. The summed E-state index contributed by atoms with van der Waals surface area (Å²) in [5.74, 6) is -0.919. The first-order valence-electron chi connectivity index (χ1n) is 7.76. The first-order chi connectivity index (χ1) is 13.2. The molecule has 1 N–H and O–H groups in total. The van der Waals surface area contributed by atoms with Crippen molar-refractivity contribution in [3.8, 4) is 11.6 Å². The highest BCUT2D eigenvalue weighted by Crippen LogP contribution is 2.27. The van der Waals surface area contributed by atoms with Crippen LogP contribution in [0.5, 0.6) is 5.75 Å². The Morgan fingerprint density at radius 1 is 1.25 bits per heavy atom. The lowest BCUT2D eigenvalue weighted by Gasteiger charge is -2.16. The molecule has 0 saturated heterocycles. The zero-order chi connectivity index (χ0) is 20.3. The largest absolute Gasteiger partial charge is 0.573 e. The molecule has 1 amide bonds. The number of carbonyl (C=O) groups excluding carboxylic acids is 1. The lowest BCUT2D eigenvalue weighted by Crippen LogP contribution is -2.28. The van der Waals surface area contributed by atoms with Crippen LogP contribution in [0.3, 0.4) is 0 Å². The number of hydrogen-bond donors (Lipinski definition) is 1. The Bertz CT molecular complexity index is 981. The molecule has 0 spiro atoms. The molecule has 3 aromatic rings. The Kier molecular flexibility index (Phi) is 5.45. The van der Waals surface area contributed by atoms with Crippen molar-refractivity contribution in [2.45, 2.75) is 19.3 Å². The van der Waals surface area contributed by atoms with E-state index in [1.165, 1.54) is 35.8 Å². The van der Waals surface area contributed by atoms with Crippen LogP contribution in [0.2, 0.25) is 5.02 Å². The smallest absolute Gasteiger partial charge is 0.406 e. The number of benzene rings is 1. The van der Waals surface area contributed by atoms with E-state index in [9.17, 15) is 18.0 Å². The number of hydrogen-bond acceptors (Lipinski definition) is 6. The van der Waals surface area contributed by atoms with E-state index in [0.29, 0.717) is 11.5 Å². The van der Waals surface area contributed by atoms with E-state index < -0.39 is 24.1 Å². The molecule has 0 aliphatic rings. The van der Waals surface area contributed by atoms with E-state index in [1.54, 1.807) is 6.92 Å². The second-order valence-electron chi connectivity index (χ2n) is 5.52. The maximum Gasteiger partial charge on any atom is 0.573 e. The van der Waals surface area contributed by atoms with Gasteiger partial charge in [0.2, 0.25) is 0 Å². The second kappa shape index (κ2) is 7.80. The number of halogens is 4. The minimum absolute atomic E-state index is 0.0811. The summed E-state index contributed by atoms with van der Waals surface area (Å²) in [5, 5.41) is 6.53. The van der Waals surface area contributed by atoms with Crippen molar-refractivity contribution < 1.29 is 22.7 Å². The maximum absolute atomic E-state index is 12.5. The van der Waals surface area contributed by atoms with Gasteiger partial charge in [-0.1, -0.05) is 11.6 Å². The van der Waals surface area contributed by atoms with E-state index in [-0.39, 0.29) is 10.6 Å². The molecule has 1 unspecified atom stereocenters. The van der Waals surface area contributed by atoms with Gasteiger partial charge in [-0.3, -0.25) is 9.78 Å². The summed E-state index contributed by atoms with van der Waals surface area (Å²) < 4.78 is 42.5. The number of ether oxygens (including phenoxy) is 1. The van der Waals surface area contributed by atoms with Crippen LogP contribution in [0.25, 0.3) is 5.82 Å². The molecule has 0 saturated carbocycles. The topological polar surface area (TPSA) is 94.8 Å². The molecule has 12 heteroatoms. The number of alkyl halides is 3. The third-order valence-corrected chi connectivity index (χ3v) is 3.69. The summed E-state index contributed by atoms with van der Waals surface area (Å²) in [5.41, 5.74) is 0.278. The number of rotatable bonds is 5. The number of nitrogens with zero attached hydrogens (tertiary/aromatic N) is 5. The number of amides is 1. The molecule has 2 aromatic heterocycles. The zero-order valence-electron chi connectivity index (χ0n) is 14.2. The fraction of sp³-hybridized carbons (Fsp3) is 0.188. The molecular formula is C16H12ClF3N6O2. The summed E-state index contributed by atoms with van der Waals surface area (Å²) in [6.07, 6.45) is 0.716. The lowest BCUT2D eigenvalue weighted by atomic mass is 10.1. The van der Waals surface area contributed by atoms with E-state index in [4.69, 9.17) is 11.6 Å². The van der Waals surface area contributed by atoms with Gasteiger partial charge in [0.1, 0.15) is 24.1 Å². The molecule has 0 aliphatic heterocycles. The fourth-order valence-corrected chi connectivity index (χ4v) is 2.60. The quantitative estimate of drug-likeness (QED) is 0.692. The Balaban J connectivity index is 1.82. The van der Waals surface area contributed by atoms with E-state index >= 15 is 0 Å². The second-order valence-corrected chi connectivity index (χ2v) is 5.96. The van der Waals surface area contributed by atoms with Crippen LogP contribution in [-0.4, -0.2) is 37.0 Å². The molecular weight excluding hydrogens is 401 g/mol. The maximum atomic E-state index is 12.5. The van der Waals surface area contributed by atoms with E-state index in [1.807, 2.05) is 0 Å². The molecule has 28 heavy (non-hydrogen) atoms. The van der Waals surface area contributed by atoms with E-state index in [0.717, 1.165) is 12.1 Å². The number of aromatic nitrogens is 5. The van der Waals surface area contributed by atoms with Gasteiger partial charge in [-0.05, 0) is 25.1 Å². The van der Waals surface area contributed by atoms with Gasteiger partial charge in [0, 0.05) is 23.0 Å². The molecule has 8 nitrogen and oxygen atoms in total. The highest BCUT2D eigenvalue weighted by molar-refractivity contribution is 6.31. The molecule has 0 fully saturated rings. The van der Waals surface area contributed by atoms with Gasteiger partial charge in [0.05, 0.1) is 6.04 Å². The van der Waals surface area contributed by atoms with Gasteiger partial charge in [-0.15, -0.1) is 13.2 Å². The van der Waals surface area contributed by atoms with Gasteiger partial charge in [0.25, 0.3) is 5.91 Å². The number of nitrogens with one attached hydrogen (secondary N) is 1. The molecule has 0 radical (unpaired) electrons. The third-order valence-electron chi connectivity index (χ3n) is 3.47. The molecule has 1 aromatic carbocycles. The summed E-state index contributed by atoms with van der Waals surface area (Å²) in [7, 11) is 0. The highest BCUT2D eigenvalue weighted by atomic mass is 35.5. The molecule has 146 valence electrons. The van der Waals surface area contributed by atoms with Crippen molar-refractivity contribution in [1.29, 1.82) is 0 Å². The summed E-state index contributed by atoms with van der Waals surface area (Å²) in [6.45, 7) is 1.64. The van der Waals surface area contributed by atoms with E-state index in [2.05, 4.69) is 30.1 Å². The number of carbonyl (C=O) groups is 1. The van der Waals surface area contributed by atoms with Crippen LogP contribution < -0.4 is 10.1 Å². The monoisotopic (exact) mass is 412 g/mol. The van der Waals surface area contributed by atoms with Crippen molar-refractivity contribution in [2.24, 2.45) is 0 Å². The van der Waals surface area contributed by atoms with Crippen LogP contribution in [-0.2, 0) is 0 Å². The van der Waals surface area contributed by atoms with Crippen LogP contribution in [0.4, 0.5) is 13.2 Å². The Morgan fingerprint density at radius 3 is 2.68 bits per heavy atom. The molecule has 1 atom stereocenters. The van der Waals surface area contributed by atoms with Gasteiger partial charge < -0.3 is 10.1 Å². The van der Waals surface area contributed by atoms with Crippen LogP contribution in [0, 0.1) is 0 Å². The summed E-state index contributed by atoms with van der Waals surface area (Å²) in [4.78, 5) is 24.7. The first kappa shape index (κ1) is 19.5. The van der Waals surface area contributed by atoms with Gasteiger partial charge in [-0.25, -0.2) is 14.6 Å². The third kappa shape index (κ3) is 4.74. The summed E-state index contributed by atoms with van der Waals surface area (Å²) >= 11 is 5.80. The zero-order valence-corrected chi connectivity index (χ0v) is 14.9. The normalized spacial score (nSPS) is 12.5. The van der Waals surface area contributed by atoms with Crippen molar-refractivity contribution in [2.75, 3.05) is 0 Å².